The Hall–Kier alpha value is -3.24. The van der Waals surface area contributed by atoms with E-state index in [1.165, 1.54) is 0 Å². The number of phenols is 1. The number of piperazine rings is 1. The number of hydrogen-bond acceptors (Lipinski definition) is 6. The smallest absolute Gasteiger partial charge is 0.410 e. The molecule has 0 saturated carbocycles. The molecule has 35 heavy (non-hydrogen) atoms. The van der Waals surface area contributed by atoms with E-state index < -0.39 is 5.60 Å². The van der Waals surface area contributed by atoms with Crippen LogP contribution in [0.5, 0.6) is 11.5 Å². The average molecular weight is 478 g/mol. The van der Waals surface area contributed by atoms with Crippen molar-refractivity contribution < 1.29 is 19.4 Å². The van der Waals surface area contributed by atoms with Crippen LogP contribution in [0, 0.1) is 11.3 Å². The van der Waals surface area contributed by atoms with Crippen LogP contribution in [-0.2, 0) is 4.74 Å². The number of nitrogens with zero attached hydrogens (tertiary/aromatic N) is 3. The van der Waals surface area contributed by atoms with Crippen molar-refractivity contribution in [2.45, 2.75) is 70.2 Å². The van der Waals surface area contributed by atoms with Crippen LogP contribution < -0.4 is 4.74 Å². The molecule has 0 aromatic heterocycles. The number of aromatic hydroxyl groups is 1. The summed E-state index contributed by atoms with van der Waals surface area (Å²) >= 11 is 0. The zero-order chi connectivity index (χ0) is 25.0. The standard InChI is InChI=1S/C28H35N3O4/c1-28(2,3)35-27(33)30-18-22-10-11-23(19-30)31(22)16-4-5-26(21-8-6-20(17-29)7-9-21)34-25-14-12-24(32)13-15-25/h6-9,12-15,22-23,26,32H,4-5,10-11,16,18-19H2,1-3H3. The fourth-order valence-electron chi connectivity index (χ4n) is 5.05. The molecular formula is C28H35N3O4. The van der Waals surface area contributed by atoms with E-state index in [1.54, 1.807) is 24.3 Å². The first-order valence-corrected chi connectivity index (χ1v) is 12.4. The number of rotatable bonds is 7. The number of ether oxygens (including phenoxy) is 2. The topological polar surface area (TPSA) is 86.0 Å². The molecule has 0 aliphatic carbocycles. The summed E-state index contributed by atoms with van der Waals surface area (Å²) in [5.41, 5.74) is 1.16. The third kappa shape index (κ3) is 6.46. The third-order valence-corrected chi connectivity index (χ3v) is 6.69. The van der Waals surface area contributed by atoms with Crippen molar-refractivity contribution in [2.75, 3.05) is 19.6 Å². The van der Waals surface area contributed by atoms with Gasteiger partial charge in [-0.2, -0.15) is 5.26 Å². The predicted molar refractivity (Wildman–Crippen MR) is 133 cm³/mol. The quantitative estimate of drug-likeness (QED) is 0.586. The van der Waals surface area contributed by atoms with Gasteiger partial charge in [0.2, 0.25) is 0 Å². The van der Waals surface area contributed by atoms with Crippen molar-refractivity contribution in [3.63, 3.8) is 0 Å². The molecule has 2 saturated heterocycles. The van der Waals surface area contributed by atoms with Crippen molar-refractivity contribution in [1.82, 2.24) is 9.80 Å². The molecule has 2 aliphatic rings. The first-order valence-electron chi connectivity index (χ1n) is 12.4. The van der Waals surface area contributed by atoms with E-state index in [-0.39, 0.29) is 17.9 Å². The summed E-state index contributed by atoms with van der Waals surface area (Å²) in [5, 5.41) is 18.7. The van der Waals surface area contributed by atoms with Crippen molar-refractivity contribution >= 4 is 6.09 Å². The second kappa shape index (κ2) is 10.6. The van der Waals surface area contributed by atoms with Crippen LogP contribution in [0.2, 0.25) is 0 Å². The summed E-state index contributed by atoms with van der Waals surface area (Å²) in [6.07, 6.45) is 3.60. The maximum absolute atomic E-state index is 12.6. The summed E-state index contributed by atoms with van der Waals surface area (Å²) < 4.78 is 11.9. The predicted octanol–water partition coefficient (Wildman–Crippen LogP) is 5.25. The Bertz CT molecular complexity index is 1030. The van der Waals surface area contributed by atoms with Gasteiger partial charge < -0.3 is 19.5 Å². The minimum atomic E-state index is -0.481. The van der Waals surface area contributed by atoms with Crippen LogP contribution in [0.25, 0.3) is 0 Å². The lowest BCUT2D eigenvalue weighted by molar-refractivity contribution is 0.000762. The molecule has 7 heteroatoms. The fourth-order valence-corrected chi connectivity index (χ4v) is 5.05. The lowest BCUT2D eigenvalue weighted by atomic mass is 10.0. The molecule has 2 aromatic carbocycles. The molecule has 0 radical (unpaired) electrons. The number of likely N-dealkylation sites (tertiary alicyclic amines) is 1. The van der Waals surface area contributed by atoms with Crippen LogP contribution in [0.4, 0.5) is 4.79 Å². The zero-order valence-corrected chi connectivity index (χ0v) is 20.8. The Morgan fingerprint density at radius 3 is 2.29 bits per heavy atom. The average Bonchev–Trinajstić information content (AvgIpc) is 3.05. The molecule has 4 rings (SSSR count). The first-order chi connectivity index (χ1) is 16.7. The molecule has 7 nitrogen and oxygen atoms in total. The number of benzene rings is 2. The van der Waals surface area contributed by atoms with E-state index in [0.29, 0.717) is 36.5 Å². The van der Waals surface area contributed by atoms with Gasteiger partial charge in [0.15, 0.2) is 0 Å². The highest BCUT2D eigenvalue weighted by atomic mass is 16.6. The lowest BCUT2D eigenvalue weighted by Crippen LogP contribution is -2.56. The molecular weight excluding hydrogens is 442 g/mol. The van der Waals surface area contributed by atoms with Crippen LogP contribution >= 0.6 is 0 Å². The summed E-state index contributed by atoms with van der Waals surface area (Å²) in [6.45, 7) is 8.09. The highest BCUT2D eigenvalue weighted by Gasteiger charge is 2.42. The van der Waals surface area contributed by atoms with E-state index in [2.05, 4.69) is 11.0 Å². The lowest BCUT2D eigenvalue weighted by Gasteiger charge is -2.41. The third-order valence-electron chi connectivity index (χ3n) is 6.69. The minimum absolute atomic E-state index is 0.159. The Morgan fingerprint density at radius 2 is 1.71 bits per heavy atom. The van der Waals surface area contributed by atoms with E-state index in [4.69, 9.17) is 14.7 Å². The number of hydrogen-bond donors (Lipinski definition) is 1. The van der Waals surface area contributed by atoms with Gasteiger partial charge >= 0.3 is 6.09 Å². The number of phenolic OH excluding ortho intramolecular Hbond substituents is 1. The number of carbonyl (C=O) groups excluding carboxylic acids is 1. The van der Waals surface area contributed by atoms with Crippen molar-refractivity contribution in [3.05, 3.63) is 59.7 Å². The molecule has 1 N–H and O–H groups in total. The number of amides is 1. The van der Waals surface area contributed by atoms with Crippen LogP contribution in [-0.4, -0.2) is 58.3 Å². The van der Waals surface area contributed by atoms with E-state index in [1.807, 2.05) is 49.9 Å². The van der Waals surface area contributed by atoms with E-state index in [9.17, 15) is 9.90 Å². The van der Waals surface area contributed by atoms with Crippen molar-refractivity contribution in [2.24, 2.45) is 0 Å². The van der Waals surface area contributed by atoms with Crippen LogP contribution in [0.1, 0.15) is 63.7 Å². The summed E-state index contributed by atoms with van der Waals surface area (Å²) in [5.74, 6) is 0.900. The Kier molecular flexibility index (Phi) is 7.51. The van der Waals surface area contributed by atoms with Gasteiger partial charge in [0, 0.05) is 25.2 Å². The zero-order valence-electron chi connectivity index (χ0n) is 20.8. The van der Waals surface area contributed by atoms with Gasteiger partial charge in [0.1, 0.15) is 23.2 Å². The fraction of sp³-hybridized carbons (Fsp3) is 0.500. The minimum Gasteiger partial charge on any atom is -0.508 e. The molecule has 0 spiro atoms. The van der Waals surface area contributed by atoms with Gasteiger partial charge in [-0.15, -0.1) is 0 Å². The van der Waals surface area contributed by atoms with Gasteiger partial charge in [-0.25, -0.2) is 4.79 Å². The van der Waals surface area contributed by atoms with Crippen LogP contribution in [0.3, 0.4) is 0 Å². The SMILES string of the molecule is CC(C)(C)OC(=O)N1CC2CCC(C1)N2CCCC(Oc1ccc(O)cc1)c1ccc(C#N)cc1. The maximum Gasteiger partial charge on any atom is 0.410 e. The normalized spacial score (nSPS) is 20.8. The van der Waals surface area contributed by atoms with Gasteiger partial charge in [0.05, 0.1) is 11.6 Å². The Morgan fingerprint density at radius 1 is 1.09 bits per heavy atom. The second-order valence-electron chi connectivity index (χ2n) is 10.5. The van der Waals surface area contributed by atoms with Gasteiger partial charge in [-0.1, -0.05) is 12.1 Å². The summed E-state index contributed by atoms with van der Waals surface area (Å²) in [6, 6.07) is 17.2. The molecule has 3 unspecified atom stereocenters. The highest BCUT2D eigenvalue weighted by molar-refractivity contribution is 5.68. The van der Waals surface area contributed by atoms with Crippen molar-refractivity contribution in [1.29, 1.82) is 5.26 Å². The first kappa shape index (κ1) is 24.9. The van der Waals surface area contributed by atoms with Gasteiger partial charge in [-0.3, -0.25) is 4.90 Å². The molecule has 2 aromatic rings. The number of carbonyl (C=O) groups is 1. The van der Waals surface area contributed by atoms with Crippen molar-refractivity contribution in [3.8, 4) is 17.6 Å². The molecule has 3 atom stereocenters. The Balaban J connectivity index is 1.37. The summed E-state index contributed by atoms with van der Waals surface area (Å²) in [4.78, 5) is 17.0. The molecule has 2 bridgehead atoms. The molecule has 2 heterocycles. The molecule has 2 aliphatic heterocycles. The monoisotopic (exact) mass is 477 g/mol. The molecule has 186 valence electrons. The number of fused-ring (bicyclic) bond motifs is 2. The van der Waals surface area contributed by atoms with Crippen LogP contribution in [0.15, 0.2) is 48.5 Å². The number of nitriles is 1. The molecule has 1 amide bonds. The van der Waals surface area contributed by atoms with Gasteiger partial charge in [0.25, 0.3) is 0 Å². The maximum atomic E-state index is 12.6. The second-order valence-corrected chi connectivity index (χ2v) is 10.5. The highest BCUT2D eigenvalue weighted by Crippen LogP contribution is 2.33. The largest absolute Gasteiger partial charge is 0.508 e. The van der Waals surface area contributed by atoms with E-state index >= 15 is 0 Å². The van der Waals surface area contributed by atoms with Gasteiger partial charge in [-0.05, 0) is 95.0 Å². The summed E-state index contributed by atoms with van der Waals surface area (Å²) in [7, 11) is 0. The van der Waals surface area contributed by atoms with E-state index in [0.717, 1.165) is 37.8 Å². The Labute approximate surface area is 207 Å². The molecule has 2 fully saturated rings.